The van der Waals surface area contributed by atoms with E-state index in [9.17, 15) is 13.2 Å². The number of ether oxygens (including phenoxy) is 2. The molecule has 2 rings (SSSR count). The van der Waals surface area contributed by atoms with E-state index in [-0.39, 0.29) is 31.2 Å². The first kappa shape index (κ1) is 19.3. The lowest BCUT2D eigenvalue weighted by Gasteiger charge is -2.21. The van der Waals surface area contributed by atoms with Gasteiger partial charge in [-0.2, -0.15) is 4.31 Å². The molecule has 0 spiro atoms. The van der Waals surface area contributed by atoms with E-state index in [1.807, 2.05) is 13.0 Å². The van der Waals surface area contributed by atoms with Crippen LogP contribution >= 0.6 is 0 Å². The number of aromatic nitrogens is 1. The van der Waals surface area contributed by atoms with Crippen molar-refractivity contribution in [3.05, 3.63) is 36.0 Å². The average Bonchev–Trinajstić information content (AvgIpc) is 2.57. The van der Waals surface area contributed by atoms with Gasteiger partial charge < -0.3 is 9.47 Å². The molecular weight excluding hydrogens is 344 g/mol. The normalized spacial score (nSPS) is 11.8. The minimum absolute atomic E-state index is 0.0416. The number of para-hydroxylation sites is 1. The maximum absolute atomic E-state index is 13.1. The number of carbonyl (C=O) groups excluding carboxylic acids is 1. The summed E-state index contributed by atoms with van der Waals surface area (Å²) in [6, 6.07) is 6.82. The van der Waals surface area contributed by atoms with Crippen LogP contribution < -0.4 is 0 Å². The van der Waals surface area contributed by atoms with Crippen LogP contribution in [-0.2, 0) is 24.3 Å². The summed E-state index contributed by atoms with van der Waals surface area (Å²) in [6.45, 7) is 3.58. The van der Waals surface area contributed by atoms with Gasteiger partial charge in [-0.1, -0.05) is 12.1 Å². The highest BCUT2D eigenvalue weighted by atomic mass is 32.2. The molecule has 0 saturated carbocycles. The van der Waals surface area contributed by atoms with Crippen LogP contribution in [0, 0.1) is 6.92 Å². The fourth-order valence-electron chi connectivity index (χ4n) is 2.42. The summed E-state index contributed by atoms with van der Waals surface area (Å²) >= 11 is 0. The molecular formula is C17H22N2O5S. The highest BCUT2D eigenvalue weighted by molar-refractivity contribution is 7.89. The van der Waals surface area contributed by atoms with Crippen molar-refractivity contribution >= 4 is 26.9 Å². The van der Waals surface area contributed by atoms with Crippen LogP contribution in [0.5, 0.6) is 0 Å². The molecule has 1 aromatic heterocycles. The molecule has 1 aromatic carbocycles. The molecule has 1 heterocycles. The van der Waals surface area contributed by atoms with Gasteiger partial charge in [-0.15, -0.1) is 0 Å². The second-order valence-corrected chi connectivity index (χ2v) is 7.38. The van der Waals surface area contributed by atoms with Gasteiger partial charge in [0.1, 0.15) is 11.4 Å². The Labute approximate surface area is 147 Å². The van der Waals surface area contributed by atoms with Gasteiger partial charge in [0.15, 0.2) is 0 Å². The summed E-state index contributed by atoms with van der Waals surface area (Å²) in [4.78, 5) is 16.2. The Kier molecular flexibility index (Phi) is 6.46. The van der Waals surface area contributed by atoms with Crippen LogP contribution in [0.25, 0.3) is 10.9 Å². The Morgan fingerprint density at radius 1 is 1.32 bits per heavy atom. The Hall–Kier alpha value is -2.03. The molecule has 0 bridgehead atoms. The summed E-state index contributed by atoms with van der Waals surface area (Å²) < 4.78 is 37.1. The Balaban J connectivity index is 2.47. The van der Waals surface area contributed by atoms with Gasteiger partial charge in [-0.25, -0.2) is 8.42 Å². The SMILES string of the molecule is CCOC(=O)CN(CCOC)S(=O)(=O)c1cccc2cc(C)cnc12. The number of esters is 1. The zero-order valence-electron chi connectivity index (χ0n) is 14.6. The number of methoxy groups -OCH3 is 1. The zero-order chi connectivity index (χ0) is 18.4. The number of sulfonamides is 1. The molecule has 2 aromatic rings. The lowest BCUT2D eigenvalue weighted by molar-refractivity contribution is -0.143. The molecule has 0 saturated heterocycles. The van der Waals surface area contributed by atoms with Crippen molar-refractivity contribution in [1.82, 2.24) is 9.29 Å². The fraction of sp³-hybridized carbons (Fsp3) is 0.412. The Morgan fingerprint density at radius 3 is 2.76 bits per heavy atom. The van der Waals surface area contributed by atoms with Gasteiger partial charge in [0.05, 0.1) is 18.7 Å². The van der Waals surface area contributed by atoms with Crippen molar-refractivity contribution in [2.45, 2.75) is 18.7 Å². The number of aryl methyl sites for hydroxylation is 1. The first-order valence-electron chi connectivity index (χ1n) is 7.90. The number of hydrogen-bond donors (Lipinski definition) is 0. The van der Waals surface area contributed by atoms with Gasteiger partial charge in [-0.3, -0.25) is 9.78 Å². The van der Waals surface area contributed by atoms with Crippen LogP contribution in [0.2, 0.25) is 0 Å². The third-order valence-electron chi connectivity index (χ3n) is 3.58. The summed E-state index contributed by atoms with van der Waals surface area (Å²) in [7, 11) is -2.47. The van der Waals surface area contributed by atoms with Crippen molar-refractivity contribution in [3.63, 3.8) is 0 Å². The maximum atomic E-state index is 13.1. The molecule has 0 N–H and O–H groups in total. The van der Waals surface area contributed by atoms with E-state index in [1.54, 1.807) is 25.3 Å². The van der Waals surface area contributed by atoms with Gasteiger partial charge >= 0.3 is 5.97 Å². The molecule has 0 atom stereocenters. The van der Waals surface area contributed by atoms with Crippen molar-refractivity contribution in [1.29, 1.82) is 0 Å². The number of benzene rings is 1. The van der Waals surface area contributed by atoms with E-state index in [0.29, 0.717) is 5.52 Å². The quantitative estimate of drug-likeness (QED) is 0.662. The number of pyridine rings is 1. The predicted octanol–water partition coefficient (Wildman–Crippen LogP) is 1.74. The summed E-state index contributed by atoms with van der Waals surface area (Å²) in [6.07, 6.45) is 1.62. The minimum atomic E-state index is -3.94. The van der Waals surface area contributed by atoms with Gasteiger partial charge in [0, 0.05) is 25.2 Å². The molecule has 0 aliphatic heterocycles. The second kappa shape index (κ2) is 8.37. The third kappa shape index (κ3) is 4.53. The van der Waals surface area contributed by atoms with Gasteiger partial charge in [-0.05, 0) is 31.5 Å². The lowest BCUT2D eigenvalue weighted by Crippen LogP contribution is -2.38. The zero-order valence-corrected chi connectivity index (χ0v) is 15.4. The van der Waals surface area contributed by atoms with Gasteiger partial charge in [0.25, 0.3) is 0 Å². The topological polar surface area (TPSA) is 85.8 Å². The first-order chi connectivity index (χ1) is 11.9. The summed E-state index contributed by atoms with van der Waals surface area (Å²) in [5.74, 6) is -0.605. The smallest absolute Gasteiger partial charge is 0.321 e. The minimum Gasteiger partial charge on any atom is -0.465 e. The van der Waals surface area contributed by atoms with Crippen molar-refractivity contribution < 1.29 is 22.7 Å². The highest BCUT2D eigenvalue weighted by Crippen LogP contribution is 2.24. The van der Waals surface area contributed by atoms with E-state index < -0.39 is 16.0 Å². The third-order valence-corrected chi connectivity index (χ3v) is 5.46. The summed E-state index contributed by atoms with van der Waals surface area (Å²) in [5.41, 5.74) is 1.31. The molecule has 0 amide bonds. The average molecular weight is 366 g/mol. The Morgan fingerprint density at radius 2 is 2.08 bits per heavy atom. The van der Waals surface area contributed by atoms with Crippen LogP contribution in [-0.4, -0.2) is 57.1 Å². The Bertz CT molecular complexity index is 851. The van der Waals surface area contributed by atoms with Crippen LogP contribution in [0.3, 0.4) is 0 Å². The molecule has 8 heteroatoms. The second-order valence-electron chi connectivity index (χ2n) is 5.48. The predicted molar refractivity (Wildman–Crippen MR) is 93.7 cm³/mol. The van der Waals surface area contributed by atoms with E-state index in [1.165, 1.54) is 13.2 Å². The van der Waals surface area contributed by atoms with Crippen molar-refractivity contribution in [3.8, 4) is 0 Å². The highest BCUT2D eigenvalue weighted by Gasteiger charge is 2.29. The van der Waals surface area contributed by atoms with E-state index in [2.05, 4.69) is 4.98 Å². The van der Waals surface area contributed by atoms with Gasteiger partial charge in [0.2, 0.25) is 10.0 Å². The monoisotopic (exact) mass is 366 g/mol. The molecule has 0 unspecified atom stereocenters. The van der Waals surface area contributed by atoms with Crippen LogP contribution in [0.1, 0.15) is 12.5 Å². The van der Waals surface area contributed by atoms with E-state index in [4.69, 9.17) is 9.47 Å². The van der Waals surface area contributed by atoms with Crippen LogP contribution in [0.15, 0.2) is 35.4 Å². The lowest BCUT2D eigenvalue weighted by atomic mass is 10.2. The standard InChI is InChI=1S/C17H22N2O5S/c1-4-24-16(20)12-19(8-9-23-3)25(21,22)15-7-5-6-14-10-13(2)11-18-17(14)15/h5-7,10-11H,4,8-9,12H2,1-3H3. The van der Waals surface area contributed by atoms with Crippen molar-refractivity contribution in [2.75, 3.05) is 33.4 Å². The molecule has 25 heavy (non-hydrogen) atoms. The molecule has 136 valence electrons. The molecule has 0 fully saturated rings. The number of nitrogens with zero attached hydrogens (tertiary/aromatic N) is 2. The molecule has 0 radical (unpaired) electrons. The maximum Gasteiger partial charge on any atom is 0.321 e. The molecule has 7 nitrogen and oxygen atoms in total. The van der Waals surface area contributed by atoms with Crippen molar-refractivity contribution in [2.24, 2.45) is 0 Å². The van der Waals surface area contributed by atoms with Crippen LogP contribution in [0.4, 0.5) is 0 Å². The summed E-state index contributed by atoms with van der Waals surface area (Å²) in [5, 5.41) is 0.726. The number of hydrogen-bond acceptors (Lipinski definition) is 6. The van der Waals surface area contributed by atoms with E-state index >= 15 is 0 Å². The number of rotatable bonds is 8. The van der Waals surface area contributed by atoms with E-state index in [0.717, 1.165) is 15.3 Å². The molecule has 0 aliphatic rings. The first-order valence-corrected chi connectivity index (χ1v) is 9.34. The molecule has 0 aliphatic carbocycles. The fourth-order valence-corrected chi connectivity index (χ4v) is 3.95. The number of carbonyl (C=O) groups is 1. The number of fused-ring (bicyclic) bond motifs is 1. The largest absolute Gasteiger partial charge is 0.465 e.